The van der Waals surface area contributed by atoms with Crippen molar-refractivity contribution in [2.24, 2.45) is 0 Å². The number of hydrogen-bond donors (Lipinski definition) is 0. The van der Waals surface area contributed by atoms with E-state index in [4.69, 9.17) is 15.0 Å². The van der Waals surface area contributed by atoms with Crippen LogP contribution in [0.4, 0.5) is 0 Å². The molecule has 0 saturated carbocycles. The molecule has 0 unspecified atom stereocenters. The molecule has 0 spiro atoms. The first-order chi connectivity index (χ1) is 23.8. The molecule has 0 aliphatic carbocycles. The Hall–Kier alpha value is -6.45. The van der Waals surface area contributed by atoms with Gasteiger partial charge in [0.15, 0.2) is 17.5 Å². The molecular formula is C45H31N3. The third-order valence-electron chi connectivity index (χ3n) is 8.59. The maximum Gasteiger partial charge on any atom is 0.164 e. The number of benzene rings is 7. The molecule has 0 radical (unpaired) electrons. The standard InChI is InChI=1S/C45H31N3/c1-5-14-32(15-6-1)33-24-26-34(27-25-33)35-28-30-39(31-29-35)44-46-43(38-20-11-4-12-21-38)47-45(48-44)41-23-13-22-40(36-16-7-2-8-17-36)42(41)37-18-9-3-10-19-37/h1-31H. The fourth-order valence-corrected chi connectivity index (χ4v) is 6.15. The van der Waals surface area contributed by atoms with Gasteiger partial charge in [-0.2, -0.15) is 0 Å². The Kier molecular flexibility index (Phi) is 7.92. The molecule has 0 amide bonds. The van der Waals surface area contributed by atoms with E-state index < -0.39 is 0 Å². The number of rotatable bonds is 7. The highest BCUT2D eigenvalue weighted by Crippen LogP contribution is 2.40. The first-order valence-corrected chi connectivity index (χ1v) is 16.1. The summed E-state index contributed by atoms with van der Waals surface area (Å²) < 4.78 is 0. The van der Waals surface area contributed by atoms with Gasteiger partial charge in [0.05, 0.1) is 0 Å². The summed E-state index contributed by atoms with van der Waals surface area (Å²) >= 11 is 0. The minimum Gasteiger partial charge on any atom is -0.208 e. The van der Waals surface area contributed by atoms with Crippen molar-refractivity contribution >= 4 is 0 Å². The van der Waals surface area contributed by atoms with E-state index in [1.165, 1.54) is 11.1 Å². The Bertz CT molecular complexity index is 2280. The largest absolute Gasteiger partial charge is 0.208 e. The fraction of sp³-hybridized carbons (Fsp3) is 0. The summed E-state index contributed by atoms with van der Waals surface area (Å²) in [5.74, 6) is 1.91. The second-order valence-corrected chi connectivity index (χ2v) is 11.7. The van der Waals surface area contributed by atoms with Gasteiger partial charge in [-0.1, -0.05) is 188 Å². The molecule has 0 aliphatic rings. The molecule has 226 valence electrons. The van der Waals surface area contributed by atoms with Gasteiger partial charge in [0, 0.05) is 22.3 Å². The average molecular weight is 614 g/mol. The van der Waals surface area contributed by atoms with Crippen LogP contribution in [0.1, 0.15) is 0 Å². The van der Waals surface area contributed by atoms with Crippen LogP contribution in [0.3, 0.4) is 0 Å². The minimum absolute atomic E-state index is 0.633. The molecule has 0 N–H and O–H groups in total. The van der Waals surface area contributed by atoms with Gasteiger partial charge in [-0.3, -0.25) is 0 Å². The Morgan fingerprint density at radius 1 is 0.208 bits per heavy atom. The van der Waals surface area contributed by atoms with Gasteiger partial charge in [-0.15, -0.1) is 0 Å². The predicted molar refractivity (Wildman–Crippen MR) is 198 cm³/mol. The topological polar surface area (TPSA) is 38.7 Å². The van der Waals surface area contributed by atoms with Crippen molar-refractivity contribution in [3.8, 4) is 78.7 Å². The lowest BCUT2D eigenvalue weighted by Gasteiger charge is -2.16. The van der Waals surface area contributed by atoms with E-state index >= 15 is 0 Å². The van der Waals surface area contributed by atoms with Crippen LogP contribution in [0.5, 0.6) is 0 Å². The molecular weight excluding hydrogens is 583 g/mol. The van der Waals surface area contributed by atoms with Crippen molar-refractivity contribution in [2.45, 2.75) is 0 Å². The summed E-state index contributed by atoms with van der Waals surface area (Å²) in [6, 6.07) is 65.2. The average Bonchev–Trinajstić information content (AvgIpc) is 3.19. The third kappa shape index (κ3) is 5.93. The van der Waals surface area contributed by atoms with Crippen molar-refractivity contribution in [3.63, 3.8) is 0 Å². The van der Waals surface area contributed by atoms with Crippen molar-refractivity contribution in [1.29, 1.82) is 0 Å². The van der Waals surface area contributed by atoms with Gasteiger partial charge in [0.2, 0.25) is 0 Å². The molecule has 8 rings (SSSR count). The van der Waals surface area contributed by atoms with Crippen LogP contribution >= 0.6 is 0 Å². The van der Waals surface area contributed by atoms with Crippen LogP contribution in [-0.4, -0.2) is 15.0 Å². The van der Waals surface area contributed by atoms with E-state index in [1.54, 1.807) is 0 Å². The number of nitrogens with zero attached hydrogens (tertiary/aromatic N) is 3. The van der Waals surface area contributed by atoms with Crippen LogP contribution in [0.15, 0.2) is 188 Å². The highest BCUT2D eigenvalue weighted by molar-refractivity contribution is 5.93. The highest BCUT2D eigenvalue weighted by atomic mass is 15.0. The lowest BCUT2D eigenvalue weighted by molar-refractivity contribution is 1.07. The molecule has 3 nitrogen and oxygen atoms in total. The SMILES string of the molecule is c1ccc(-c2ccc(-c3ccc(-c4nc(-c5ccccc5)nc(-c5cccc(-c6ccccc6)c5-c5ccccc5)n4)cc3)cc2)cc1. The Morgan fingerprint density at radius 2 is 0.542 bits per heavy atom. The van der Waals surface area contributed by atoms with Gasteiger partial charge in [0.1, 0.15) is 0 Å². The molecule has 1 aromatic heterocycles. The fourth-order valence-electron chi connectivity index (χ4n) is 6.15. The molecule has 7 aromatic carbocycles. The van der Waals surface area contributed by atoms with Crippen molar-refractivity contribution in [3.05, 3.63) is 188 Å². The molecule has 3 heteroatoms. The van der Waals surface area contributed by atoms with Gasteiger partial charge >= 0.3 is 0 Å². The highest BCUT2D eigenvalue weighted by Gasteiger charge is 2.19. The molecule has 0 bridgehead atoms. The van der Waals surface area contributed by atoms with Crippen molar-refractivity contribution < 1.29 is 0 Å². The number of aromatic nitrogens is 3. The summed E-state index contributed by atoms with van der Waals surface area (Å²) in [5.41, 5.74) is 12.0. The lowest BCUT2D eigenvalue weighted by Crippen LogP contribution is -2.01. The summed E-state index contributed by atoms with van der Waals surface area (Å²) in [6.07, 6.45) is 0. The third-order valence-corrected chi connectivity index (χ3v) is 8.59. The second-order valence-electron chi connectivity index (χ2n) is 11.7. The molecule has 0 fully saturated rings. The molecule has 1 heterocycles. The Labute approximate surface area is 280 Å². The molecule has 8 aromatic rings. The maximum atomic E-state index is 5.15. The maximum absolute atomic E-state index is 5.15. The van der Waals surface area contributed by atoms with Crippen LogP contribution in [0.2, 0.25) is 0 Å². The van der Waals surface area contributed by atoms with E-state index in [9.17, 15) is 0 Å². The smallest absolute Gasteiger partial charge is 0.164 e. The molecule has 0 atom stereocenters. The summed E-state index contributed by atoms with van der Waals surface area (Å²) in [6.45, 7) is 0. The molecule has 0 saturated heterocycles. The van der Waals surface area contributed by atoms with Crippen LogP contribution in [0.25, 0.3) is 78.7 Å². The zero-order chi connectivity index (χ0) is 32.1. The zero-order valence-corrected chi connectivity index (χ0v) is 26.2. The summed E-state index contributed by atoms with van der Waals surface area (Å²) in [5, 5.41) is 0. The normalized spacial score (nSPS) is 10.9. The molecule has 48 heavy (non-hydrogen) atoms. The first kappa shape index (κ1) is 29.0. The van der Waals surface area contributed by atoms with E-state index in [-0.39, 0.29) is 0 Å². The molecule has 0 aliphatic heterocycles. The Morgan fingerprint density at radius 3 is 1.04 bits per heavy atom. The zero-order valence-electron chi connectivity index (χ0n) is 26.2. The monoisotopic (exact) mass is 613 g/mol. The van der Waals surface area contributed by atoms with Gasteiger partial charge in [-0.05, 0) is 38.9 Å². The summed E-state index contributed by atoms with van der Waals surface area (Å²) in [4.78, 5) is 15.2. The van der Waals surface area contributed by atoms with Gasteiger partial charge in [-0.25, -0.2) is 15.0 Å². The van der Waals surface area contributed by atoms with E-state index in [0.717, 1.165) is 50.1 Å². The first-order valence-electron chi connectivity index (χ1n) is 16.1. The number of hydrogen-bond acceptors (Lipinski definition) is 3. The van der Waals surface area contributed by atoms with Crippen LogP contribution < -0.4 is 0 Å². The Balaban J connectivity index is 1.24. The van der Waals surface area contributed by atoms with Crippen LogP contribution in [0, 0.1) is 0 Å². The second kappa shape index (κ2) is 13.1. The van der Waals surface area contributed by atoms with Gasteiger partial charge in [0.25, 0.3) is 0 Å². The van der Waals surface area contributed by atoms with Crippen molar-refractivity contribution in [1.82, 2.24) is 15.0 Å². The van der Waals surface area contributed by atoms with E-state index in [1.807, 2.05) is 48.5 Å². The summed E-state index contributed by atoms with van der Waals surface area (Å²) in [7, 11) is 0. The predicted octanol–water partition coefficient (Wildman–Crippen LogP) is 11.5. The quantitative estimate of drug-likeness (QED) is 0.179. The van der Waals surface area contributed by atoms with Crippen molar-refractivity contribution in [2.75, 3.05) is 0 Å². The van der Waals surface area contributed by atoms with Gasteiger partial charge < -0.3 is 0 Å². The minimum atomic E-state index is 0.633. The lowest BCUT2D eigenvalue weighted by atomic mass is 9.90. The van der Waals surface area contributed by atoms with Crippen LogP contribution in [-0.2, 0) is 0 Å². The van der Waals surface area contributed by atoms with E-state index in [0.29, 0.717) is 17.5 Å². The van der Waals surface area contributed by atoms with E-state index in [2.05, 4.69) is 140 Å².